The summed E-state index contributed by atoms with van der Waals surface area (Å²) in [5.41, 5.74) is 8.90. The maximum atomic E-state index is 14.0. The molecule has 5 aliphatic rings. The van der Waals surface area contributed by atoms with Crippen LogP contribution < -0.4 is 20.5 Å². The zero-order valence-corrected chi connectivity index (χ0v) is 25.5. The molecular weight excluding hydrogens is 544 g/mol. The van der Waals surface area contributed by atoms with E-state index in [9.17, 15) is 9.59 Å². The Morgan fingerprint density at radius 1 is 1.14 bits per heavy atom. The monoisotopic (exact) mass is 586 g/mol. The van der Waals surface area contributed by atoms with Gasteiger partial charge in [-0.3, -0.25) is 14.5 Å². The summed E-state index contributed by atoms with van der Waals surface area (Å²) >= 11 is 0. The summed E-state index contributed by atoms with van der Waals surface area (Å²) in [5.74, 6) is 1.16. The molecule has 6 bridgehead atoms. The van der Waals surface area contributed by atoms with E-state index in [0.29, 0.717) is 30.9 Å². The topological polar surface area (TPSA) is 115 Å². The lowest BCUT2D eigenvalue weighted by atomic mass is 9.83. The van der Waals surface area contributed by atoms with Crippen molar-refractivity contribution in [2.24, 2.45) is 16.6 Å². The summed E-state index contributed by atoms with van der Waals surface area (Å²) in [7, 11) is 1.63. The Bertz CT molecular complexity index is 1480. The van der Waals surface area contributed by atoms with Gasteiger partial charge in [-0.15, -0.1) is 0 Å². The summed E-state index contributed by atoms with van der Waals surface area (Å²) in [4.78, 5) is 34.4. The first kappa shape index (κ1) is 29.2. The van der Waals surface area contributed by atoms with Crippen molar-refractivity contribution in [3.8, 4) is 11.5 Å². The molecule has 9 heteroatoms. The van der Waals surface area contributed by atoms with Crippen molar-refractivity contribution in [3.63, 3.8) is 0 Å². The molecule has 2 amide bonds. The second-order valence-electron chi connectivity index (χ2n) is 12.9. The SMILES string of the molecule is CCC12CCC/C=C/c3ccc4c(c3)[C@H](CC(C)(C)O4)NC(=O)c3ccc4c(c3)[C@@H]([C@H](COC)CO4)N(C(=O)C1)C(N)=N2. The first-order valence-electron chi connectivity index (χ1n) is 15.4. The van der Waals surface area contributed by atoms with E-state index >= 15 is 0 Å². The number of ether oxygens (including phenoxy) is 3. The predicted octanol–water partition coefficient (Wildman–Crippen LogP) is 5.31. The van der Waals surface area contributed by atoms with Gasteiger partial charge < -0.3 is 25.3 Å². The highest BCUT2D eigenvalue weighted by atomic mass is 16.5. The average molecular weight is 587 g/mol. The van der Waals surface area contributed by atoms with Gasteiger partial charge in [-0.2, -0.15) is 0 Å². The Labute approximate surface area is 253 Å². The molecule has 0 aliphatic carbocycles. The number of hydrogen-bond donors (Lipinski definition) is 2. The molecular formula is C34H42N4O5. The van der Waals surface area contributed by atoms with Crippen molar-refractivity contribution in [3.05, 3.63) is 64.7 Å². The van der Waals surface area contributed by atoms with Gasteiger partial charge in [0, 0.05) is 36.1 Å². The number of carbonyl (C=O) groups is 2. The molecule has 4 atom stereocenters. The maximum absolute atomic E-state index is 14.0. The van der Waals surface area contributed by atoms with Gasteiger partial charge >= 0.3 is 0 Å². The Morgan fingerprint density at radius 2 is 1.95 bits per heavy atom. The molecule has 2 aromatic rings. The summed E-state index contributed by atoms with van der Waals surface area (Å²) < 4.78 is 18.0. The molecule has 0 radical (unpaired) electrons. The average Bonchev–Trinajstić information content (AvgIpc) is 2.96. The minimum absolute atomic E-state index is 0.0652. The van der Waals surface area contributed by atoms with Crippen molar-refractivity contribution < 1.29 is 23.8 Å². The van der Waals surface area contributed by atoms with Crippen LogP contribution in [0.3, 0.4) is 0 Å². The van der Waals surface area contributed by atoms with Gasteiger partial charge in [-0.1, -0.05) is 25.1 Å². The van der Waals surface area contributed by atoms with Crippen LogP contribution in [0, 0.1) is 5.92 Å². The van der Waals surface area contributed by atoms with Crippen LogP contribution in [0.4, 0.5) is 0 Å². The molecule has 7 rings (SSSR count). The lowest BCUT2D eigenvalue weighted by molar-refractivity contribution is -0.133. The zero-order chi connectivity index (χ0) is 30.4. The molecule has 9 nitrogen and oxygen atoms in total. The normalized spacial score (nSPS) is 28.8. The third-order valence-electron chi connectivity index (χ3n) is 9.27. The molecule has 1 unspecified atom stereocenters. The fraction of sp³-hybridized carbons (Fsp3) is 0.500. The Morgan fingerprint density at radius 3 is 2.72 bits per heavy atom. The first-order valence-corrected chi connectivity index (χ1v) is 15.4. The lowest BCUT2D eigenvalue weighted by Crippen LogP contribution is -2.55. The molecule has 0 saturated heterocycles. The number of benzene rings is 2. The third-order valence-corrected chi connectivity index (χ3v) is 9.27. The van der Waals surface area contributed by atoms with E-state index in [-0.39, 0.29) is 36.2 Å². The van der Waals surface area contributed by atoms with E-state index < -0.39 is 17.2 Å². The highest BCUT2D eigenvalue weighted by Gasteiger charge is 2.45. The summed E-state index contributed by atoms with van der Waals surface area (Å²) in [6.45, 7) is 6.86. The molecule has 0 aromatic heterocycles. The minimum Gasteiger partial charge on any atom is -0.493 e. The summed E-state index contributed by atoms with van der Waals surface area (Å²) in [5, 5.41) is 3.28. The quantitative estimate of drug-likeness (QED) is 0.504. The van der Waals surface area contributed by atoms with E-state index in [4.69, 9.17) is 24.9 Å². The zero-order valence-electron chi connectivity index (χ0n) is 25.5. The fourth-order valence-corrected chi connectivity index (χ4v) is 7.07. The van der Waals surface area contributed by atoms with Crippen LogP contribution in [0.15, 0.2) is 47.5 Å². The highest BCUT2D eigenvalue weighted by molar-refractivity contribution is 6.00. The number of nitrogens with zero attached hydrogens (tertiary/aromatic N) is 2. The fourth-order valence-electron chi connectivity index (χ4n) is 7.07. The summed E-state index contributed by atoms with van der Waals surface area (Å²) in [6.07, 6.45) is 8.38. The Kier molecular flexibility index (Phi) is 7.71. The van der Waals surface area contributed by atoms with Crippen LogP contribution >= 0.6 is 0 Å². The molecule has 0 spiro atoms. The van der Waals surface area contributed by atoms with E-state index in [1.807, 2.05) is 38.1 Å². The minimum atomic E-state index is -0.538. The molecule has 3 N–H and O–H groups in total. The highest BCUT2D eigenvalue weighted by Crippen LogP contribution is 2.44. The van der Waals surface area contributed by atoms with Crippen LogP contribution in [0.5, 0.6) is 11.5 Å². The van der Waals surface area contributed by atoms with Crippen LogP contribution in [0.2, 0.25) is 0 Å². The molecule has 2 aromatic carbocycles. The van der Waals surface area contributed by atoms with Crippen LogP contribution in [0.25, 0.3) is 6.08 Å². The van der Waals surface area contributed by atoms with Crippen LogP contribution in [0.1, 0.15) is 98.4 Å². The van der Waals surface area contributed by atoms with Gasteiger partial charge in [0.2, 0.25) is 5.91 Å². The lowest BCUT2D eigenvalue weighted by Gasteiger charge is -2.44. The van der Waals surface area contributed by atoms with Gasteiger partial charge in [-0.25, -0.2) is 4.99 Å². The van der Waals surface area contributed by atoms with E-state index in [1.165, 1.54) is 0 Å². The van der Waals surface area contributed by atoms with Gasteiger partial charge in [0.1, 0.15) is 17.1 Å². The summed E-state index contributed by atoms with van der Waals surface area (Å²) in [6, 6.07) is 10.9. The number of amides is 2. The second kappa shape index (κ2) is 11.3. The molecule has 0 saturated carbocycles. The van der Waals surface area contributed by atoms with Crippen molar-refractivity contribution in [2.75, 3.05) is 20.3 Å². The number of methoxy groups -OCH3 is 1. The maximum Gasteiger partial charge on any atom is 0.251 e. The van der Waals surface area contributed by atoms with Crippen molar-refractivity contribution in [2.45, 2.75) is 82.5 Å². The smallest absolute Gasteiger partial charge is 0.251 e. The molecule has 5 aliphatic heterocycles. The molecule has 5 heterocycles. The van der Waals surface area contributed by atoms with Gasteiger partial charge in [0.25, 0.3) is 5.91 Å². The number of allylic oxidation sites excluding steroid dienone is 1. The first-order chi connectivity index (χ1) is 20.6. The predicted molar refractivity (Wildman–Crippen MR) is 165 cm³/mol. The largest absolute Gasteiger partial charge is 0.493 e. The van der Waals surface area contributed by atoms with E-state index in [1.54, 1.807) is 18.1 Å². The molecule has 43 heavy (non-hydrogen) atoms. The van der Waals surface area contributed by atoms with E-state index in [0.717, 1.165) is 48.1 Å². The second-order valence-corrected chi connectivity index (χ2v) is 12.9. The third kappa shape index (κ3) is 5.62. The number of nitrogens with one attached hydrogen (secondary N) is 1. The van der Waals surface area contributed by atoms with Crippen molar-refractivity contribution >= 4 is 23.8 Å². The number of rotatable bonds is 3. The van der Waals surface area contributed by atoms with Crippen molar-refractivity contribution in [1.29, 1.82) is 0 Å². The molecule has 228 valence electrons. The van der Waals surface area contributed by atoms with Gasteiger partial charge in [0.15, 0.2) is 5.96 Å². The Balaban J connectivity index is 1.47. The van der Waals surface area contributed by atoms with E-state index in [2.05, 4.69) is 30.5 Å². The number of hydrogen-bond acceptors (Lipinski definition) is 7. The number of carbonyl (C=O) groups excluding carboxylic acids is 2. The van der Waals surface area contributed by atoms with Gasteiger partial charge in [0.05, 0.1) is 37.3 Å². The Hall–Kier alpha value is -3.85. The number of nitrogens with two attached hydrogens (primary N) is 1. The number of fused-ring (bicyclic) bond motifs is 5. The molecule has 0 fully saturated rings. The standard InChI is InChI=1S/C34H42N4O5/c1-5-34-14-8-6-7-9-21-10-12-28-24(15-21)26(17-33(2,3)43-28)36-31(40)22-11-13-27-25(16-22)30(23(19-41-4)20-42-27)38(29(39)18-34)32(35)37-34/h7,9-13,15-16,23,26,30H,5-6,8,14,17-20H2,1-4H3,(H2,35,37)(H,36,40)/b9-7+/t23-,26+,30-,34?/m1/s1. The number of guanidine groups is 1. The number of aliphatic imine (C=N–C) groups is 1. The van der Waals surface area contributed by atoms with Crippen LogP contribution in [-0.2, 0) is 9.53 Å². The van der Waals surface area contributed by atoms with Crippen molar-refractivity contribution in [1.82, 2.24) is 10.2 Å². The van der Waals surface area contributed by atoms with Crippen LogP contribution in [-0.4, -0.2) is 54.1 Å². The van der Waals surface area contributed by atoms with Gasteiger partial charge in [-0.05, 0) is 75.4 Å².